The van der Waals surface area contributed by atoms with Gasteiger partial charge in [0.25, 0.3) is 0 Å². The first kappa shape index (κ1) is 19.1. The van der Waals surface area contributed by atoms with Gasteiger partial charge in [0.1, 0.15) is 0 Å². The highest BCUT2D eigenvalue weighted by atomic mass is 127. The molecule has 1 saturated heterocycles. The number of hydrogen-bond donors (Lipinski definition) is 2. The zero-order valence-corrected chi connectivity index (χ0v) is 16.0. The third-order valence-electron chi connectivity index (χ3n) is 3.43. The summed E-state index contributed by atoms with van der Waals surface area (Å²) in [7, 11) is 0. The van der Waals surface area contributed by atoms with E-state index < -0.39 is 0 Å². The first-order valence-electron chi connectivity index (χ1n) is 7.39. The zero-order chi connectivity index (χ0) is 15.1. The topological polar surface area (TPSA) is 39.7 Å². The highest BCUT2D eigenvalue weighted by molar-refractivity contribution is 14.0. The predicted octanol–water partition coefficient (Wildman–Crippen LogP) is 3.28. The molecule has 0 aliphatic carbocycles. The monoisotopic (exact) mass is 434 g/mol. The van der Waals surface area contributed by atoms with Gasteiger partial charge in [-0.05, 0) is 31.5 Å². The lowest BCUT2D eigenvalue weighted by Crippen LogP contribution is -2.44. The van der Waals surface area contributed by atoms with E-state index >= 15 is 0 Å². The molecule has 0 aromatic heterocycles. The van der Waals surface area contributed by atoms with Gasteiger partial charge in [0.2, 0.25) is 0 Å². The molecular formula is C16H24ClIN4. The Morgan fingerprint density at radius 1 is 1.55 bits per heavy atom. The molecule has 1 aromatic carbocycles. The molecule has 1 atom stereocenters. The van der Waals surface area contributed by atoms with E-state index in [1.165, 1.54) is 5.69 Å². The van der Waals surface area contributed by atoms with Crippen LogP contribution in [0.2, 0.25) is 5.02 Å². The Morgan fingerprint density at radius 2 is 2.36 bits per heavy atom. The number of nitrogens with zero attached hydrogens (tertiary/aromatic N) is 2. The minimum absolute atomic E-state index is 0. The van der Waals surface area contributed by atoms with Crippen LogP contribution < -0.4 is 15.5 Å². The molecule has 1 aliphatic heterocycles. The van der Waals surface area contributed by atoms with Gasteiger partial charge in [0.05, 0.1) is 6.54 Å². The molecule has 0 bridgehead atoms. The van der Waals surface area contributed by atoms with Crippen molar-refractivity contribution in [3.05, 3.63) is 41.9 Å². The molecule has 1 heterocycles. The number of rotatable bonds is 5. The van der Waals surface area contributed by atoms with E-state index in [0.29, 0.717) is 12.6 Å². The van der Waals surface area contributed by atoms with Crippen LogP contribution in [0.1, 0.15) is 13.3 Å². The summed E-state index contributed by atoms with van der Waals surface area (Å²) >= 11 is 6.06. The fourth-order valence-corrected chi connectivity index (χ4v) is 2.64. The number of aliphatic imine (C=N–C) groups is 1. The molecule has 0 spiro atoms. The Hall–Kier alpha value is -0.950. The molecule has 6 heteroatoms. The Kier molecular flexibility index (Phi) is 8.63. The maximum atomic E-state index is 6.06. The lowest BCUT2D eigenvalue weighted by molar-refractivity contribution is 0.651. The molecule has 1 unspecified atom stereocenters. The first-order chi connectivity index (χ1) is 10.2. The molecular weight excluding hydrogens is 411 g/mol. The van der Waals surface area contributed by atoms with E-state index in [4.69, 9.17) is 11.6 Å². The molecule has 2 rings (SSSR count). The summed E-state index contributed by atoms with van der Waals surface area (Å²) < 4.78 is 0. The van der Waals surface area contributed by atoms with Crippen LogP contribution >= 0.6 is 35.6 Å². The molecule has 2 N–H and O–H groups in total. The third-order valence-corrected chi connectivity index (χ3v) is 3.66. The number of halogens is 2. The molecule has 1 fully saturated rings. The van der Waals surface area contributed by atoms with Crippen molar-refractivity contribution in [1.82, 2.24) is 10.6 Å². The maximum Gasteiger partial charge on any atom is 0.191 e. The lowest BCUT2D eigenvalue weighted by atomic mass is 10.3. The standard InChI is InChI=1S/C16H23ClN4.HI/c1-3-9-19-16(18-4-2)20-14-8-10-21(12-14)15-7-5-6-13(17)11-15;/h3,5-7,11,14H,1,4,8-10,12H2,2H3,(H2,18,19,20);1H. The summed E-state index contributed by atoms with van der Waals surface area (Å²) in [6, 6.07) is 8.41. The van der Waals surface area contributed by atoms with Gasteiger partial charge in [0.15, 0.2) is 5.96 Å². The van der Waals surface area contributed by atoms with Crippen molar-refractivity contribution >= 4 is 47.2 Å². The fraction of sp³-hybridized carbons (Fsp3) is 0.438. The fourth-order valence-electron chi connectivity index (χ4n) is 2.45. The first-order valence-corrected chi connectivity index (χ1v) is 7.77. The second-order valence-electron chi connectivity index (χ2n) is 5.06. The van der Waals surface area contributed by atoms with Crippen molar-refractivity contribution in [3.63, 3.8) is 0 Å². The minimum Gasteiger partial charge on any atom is -0.369 e. The Labute approximate surface area is 155 Å². The number of benzene rings is 1. The Morgan fingerprint density at radius 3 is 3.05 bits per heavy atom. The van der Waals surface area contributed by atoms with Crippen LogP contribution in [-0.2, 0) is 0 Å². The van der Waals surface area contributed by atoms with Crippen molar-refractivity contribution in [2.45, 2.75) is 19.4 Å². The van der Waals surface area contributed by atoms with E-state index in [1.807, 2.05) is 18.2 Å². The normalized spacial score (nSPS) is 17.8. The summed E-state index contributed by atoms with van der Waals surface area (Å²) in [5.41, 5.74) is 1.18. The number of hydrogen-bond acceptors (Lipinski definition) is 2. The Bertz CT molecular complexity index is 507. The van der Waals surface area contributed by atoms with Crippen LogP contribution in [0.25, 0.3) is 0 Å². The second-order valence-corrected chi connectivity index (χ2v) is 5.50. The molecule has 122 valence electrons. The minimum atomic E-state index is 0. The van der Waals surface area contributed by atoms with Crippen LogP contribution in [0.15, 0.2) is 41.9 Å². The number of nitrogens with one attached hydrogen (secondary N) is 2. The summed E-state index contributed by atoms with van der Waals surface area (Å²) in [4.78, 5) is 6.79. The van der Waals surface area contributed by atoms with Crippen LogP contribution in [0.5, 0.6) is 0 Å². The van der Waals surface area contributed by atoms with Crippen LogP contribution in [0.4, 0.5) is 5.69 Å². The van der Waals surface area contributed by atoms with E-state index in [-0.39, 0.29) is 24.0 Å². The SMILES string of the molecule is C=CCN=C(NCC)NC1CCN(c2cccc(Cl)c2)C1.I. The van der Waals surface area contributed by atoms with Crippen LogP contribution in [-0.4, -0.2) is 38.2 Å². The van der Waals surface area contributed by atoms with Gasteiger partial charge < -0.3 is 15.5 Å². The van der Waals surface area contributed by atoms with E-state index in [2.05, 4.69) is 40.1 Å². The van der Waals surface area contributed by atoms with Gasteiger partial charge in [-0.25, -0.2) is 4.99 Å². The highest BCUT2D eigenvalue weighted by Gasteiger charge is 2.23. The van der Waals surface area contributed by atoms with E-state index in [9.17, 15) is 0 Å². The maximum absolute atomic E-state index is 6.06. The van der Waals surface area contributed by atoms with Crippen molar-refractivity contribution < 1.29 is 0 Å². The molecule has 0 radical (unpaired) electrons. The zero-order valence-electron chi connectivity index (χ0n) is 12.9. The van der Waals surface area contributed by atoms with Crippen LogP contribution in [0.3, 0.4) is 0 Å². The molecule has 0 amide bonds. The number of guanidine groups is 1. The van der Waals surface area contributed by atoms with Gasteiger partial charge in [-0.2, -0.15) is 0 Å². The van der Waals surface area contributed by atoms with Crippen molar-refractivity contribution in [1.29, 1.82) is 0 Å². The van der Waals surface area contributed by atoms with Crippen molar-refractivity contribution in [2.24, 2.45) is 4.99 Å². The second kappa shape index (κ2) is 9.94. The van der Waals surface area contributed by atoms with Crippen LogP contribution in [0, 0.1) is 0 Å². The van der Waals surface area contributed by atoms with Gasteiger partial charge >= 0.3 is 0 Å². The molecule has 1 aromatic rings. The predicted molar refractivity (Wildman–Crippen MR) is 107 cm³/mol. The van der Waals surface area contributed by atoms with Crippen molar-refractivity contribution in [2.75, 3.05) is 31.1 Å². The average molecular weight is 435 g/mol. The lowest BCUT2D eigenvalue weighted by Gasteiger charge is -2.20. The summed E-state index contributed by atoms with van der Waals surface area (Å²) in [5, 5.41) is 7.52. The average Bonchev–Trinajstić information content (AvgIpc) is 2.93. The number of anilines is 1. The molecule has 4 nitrogen and oxygen atoms in total. The summed E-state index contributed by atoms with van der Waals surface area (Å²) in [6.45, 7) is 9.23. The molecule has 1 aliphatic rings. The van der Waals surface area contributed by atoms with Gasteiger partial charge in [-0.3, -0.25) is 0 Å². The van der Waals surface area contributed by atoms with Crippen molar-refractivity contribution in [3.8, 4) is 0 Å². The quantitative estimate of drug-likeness (QED) is 0.323. The molecule has 22 heavy (non-hydrogen) atoms. The van der Waals surface area contributed by atoms with E-state index in [0.717, 1.165) is 37.0 Å². The largest absolute Gasteiger partial charge is 0.369 e. The summed E-state index contributed by atoms with van der Waals surface area (Å²) in [5.74, 6) is 0.857. The Balaban J connectivity index is 0.00000242. The van der Waals surface area contributed by atoms with Gasteiger partial charge in [-0.15, -0.1) is 30.6 Å². The molecule has 0 saturated carbocycles. The summed E-state index contributed by atoms with van der Waals surface area (Å²) in [6.07, 6.45) is 2.89. The van der Waals surface area contributed by atoms with Gasteiger partial charge in [-0.1, -0.05) is 23.7 Å². The smallest absolute Gasteiger partial charge is 0.191 e. The third kappa shape index (κ3) is 5.68. The van der Waals surface area contributed by atoms with E-state index in [1.54, 1.807) is 6.08 Å². The highest BCUT2D eigenvalue weighted by Crippen LogP contribution is 2.23. The van der Waals surface area contributed by atoms with Gasteiger partial charge in [0, 0.05) is 36.4 Å².